The van der Waals surface area contributed by atoms with E-state index in [1.807, 2.05) is 18.2 Å². The highest BCUT2D eigenvalue weighted by molar-refractivity contribution is 7.99. The van der Waals surface area contributed by atoms with Gasteiger partial charge < -0.3 is 10.5 Å². The predicted molar refractivity (Wildman–Crippen MR) is 81.9 cm³/mol. The standard InChI is InChI=1S/C15H19N3OS/c1-3-13(16)14(20-15-17-9-4-10-18-15)11-5-7-12(19-2)8-6-11/h4-10,13-14H,3,16H2,1-2H3. The predicted octanol–water partition coefficient (Wildman–Crippen LogP) is 3.06. The minimum absolute atomic E-state index is 0.0530. The number of thioether (sulfide) groups is 1. The summed E-state index contributed by atoms with van der Waals surface area (Å²) in [5.74, 6) is 0.846. The van der Waals surface area contributed by atoms with Crippen molar-refractivity contribution in [3.8, 4) is 5.75 Å². The van der Waals surface area contributed by atoms with Crippen molar-refractivity contribution in [2.24, 2.45) is 5.73 Å². The Morgan fingerprint density at radius 3 is 2.40 bits per heavy atom. The van der Waals surface area contributed by atoms with E-state index in [4.69, 9.17) is 10.5 Å². The van der Waals surface area contributed by atoms with Crippen LogP contribution in [0.2, 0.25) is 0 Å². The van der Waals surface area contributed by atoms with Crippen molar-refractivity contribution in [2.45, 2.75) is 29.8 Å². The molecule has 0 aliphatic carbocycles. The molecule has 2 aromatic rings. The van der Waals surface area contributed by atoms with Gasteiger partial charge in [-0.25, -0.2) is 9.97 Å². The molecular formula is C15H19N3OS. The van der Waals surface area contributed by atoms with Crippen LogP contribution in [0.5, 0.6) is 5.75 Å². The van der Waals surface area contributed by atoms with E-state index in [0.717, 1.165) is 22.9 Å². The van der Waals surface area contributed by atoms with Crippen molar-refractivity contribution in [1.82, 2.24) is 9.97 Å². The molecule has 0 saturated heterocycles. The van der Waals surface area contributed by atoms with E-state index < -0.39 is 0 Å². The monoisotopic (exact) mass is 289 g/mol. The van der Waals surface area contributed by atoms with Gasteiger partial charge in [-0.2, -0.15) is 0 Å². The van der Waals surface area contributed by atoms with Crippen LogP contribution in [0.4, 0.5) is 0 Å². The third-order valence-electron chi connectivity index (χ3n) is 3.08. The first kappa shape index (κ1) is 14.8. The Hall–Kier alpha value is -1.59. The highest BCUT2D eigenvalue weighted by Gasteiger charge is 2.21. The number of hydrogen-bond donors (Lipinski definition) is 1. The molecule has 0 bridgehead atoms. The summed E-state index contributed by atoms with van der Waals surface area (Å²) in [4.78, 5) is 8.53. The second kappa shape index (κ2) is 7.26. The molecule has 1 aromatic heterocycles. The number of rotatable bonds is 6. The zero-order chi connectivity index (χ0) is 14.4. The summed E-state index contributed by atoms with van der Waals surface area (Å²) in [5, 5.41) is 0.880. The number of nitrogens with zero attached hydrogens (tertiary/aromatic N) is 2. The summed E-state index contributed by atoms with van der Waals surface area (Å²) >= 11 is 1.60. The van der Waals surface area contributed by atoms with E-state index in [0.29, 0.717) is 0 Å². The summed E-state index contributed by atoms with van der Waals surface area (Å²) in [6.45, 7) is 2.09. The largest absolute Gasteiger partial charge is 0.497 e. The van der Waals surface area contributed by atoms with E-state index in [1.165, 1.54) is 0 Å². The van der Waals surface area contributed by atoms with Gasteiger partial charge in [0, 0.05) is 18.4 Å². The third kappa shape index (κ3) is 3.71. The molecule has 0 fully saturated rings. The lowest BCUT2D eigenvalue weighted by molar-refractivity contribution is 0.414. The Labute approximate surface area is 123 Å². The summed E-state index contributed by atoms with van der Waals surface area (Å²) in [6.07, 6.45) is 4.40. The molecule has 106 valence electrons. The lowest BCUT2D eigenvalue weighted by Gasteiger charge is -2.22. The Morgan fingerprint density at radius 1 is 1.20 bits per heavy atom. The fourth-order valence-electron chi connectivity index (χ4n) is 1.87. The first-order valence-corrected chi connectivity index (χ1v) is 7.45. The average molecular weight is 289 g/mol. The van der Waals surface area contributed by atoms with Gasteiger partial charge in [-0.1, -0.05) is 30.8 Å². The first-order valence-electron chi connectivity index (χ1n) is 6.57. The number of methoxy groups -OCH3 is 1. The molecule has 2 atom stereocenters. The molecule has 0 amide bonds. The van der Waals surface area contributed by atoms with Gasteiger partial charge in [0.15, 0.2) is 5.16 Å². The molecule has 1 aromatic carbocycles. The normalized spacial score (nSPS) is 13.8. The highest BCUT2D eigenvalue weighted by atomic mass is 32.2. The van der Waals surface area contributed by atoms with Gasteiger partial charge in [-0.3, -0.25) is 0 Å². The number of benzene rings is 1. The van der Waals surface area contributed by atoms with Crippen LogP contribution < -0.4 is 10.5 Å². The van der Waals surface area contributed by atoms with Gasteiger partial charge in [-0.15, -0.1) is 0 Å². The summed E-state index contributed by atoms with van der Waals surface area (Å²) < 4.78 is 5.19. The molecule has 20 heavy (non-hydrogen) atoms. The van der Waals surface area contributed by atoms with Crippen molar-refractivity contribution in [3.05, 3.63) is 48.3 Å². The van der Waals surface area contributed by atoms with Crippen LogP contribution in [0.3, 0.4) is 0 Å². The van der Waals surface area contributed by atoms with E-state index in [-0.39, 0.29) is 11.3 Å². The molecule has 1 heterocycles. The molecule has 0 radical (unpaired) electrons. The van der Waals surface area contributed by atoms with E-state index >= 15 is 0 Å². The fraction of sp³-hybridized carbons (Fsp3) is 0.333. The highest BCUT2D eigenvalue weighted by Crippen LogP contribution is 2.36. The summed E-state index contributed by atoms with van der Waals surface area (Å²) in [7, 11) is 1.66. The van der Waals surface area contributed by atoms with Gasteiger partial charge >= 0.3 is 0 Å². The molecule has 2 unspecified atom stereocenters. The zero-order valence-corrected chi connectivity index (χ0v) is 12.5. The van der Waals surface area contributed by atoms with Crippen molar-refractivity contribution in [3.63, 3.8) is 0 Å². The van der Waals surface area contributed by atoms with Gasteiger partial charge in [0.1, 0.15) is 5.75 Å². The smallest absolute Gasteiger partial charge is 0.188 e. The summed E-state index contributed by atoms with van der Waals surface area (Å²) in [5.41, 5.74) is 7.42. The molecule has 0 aliphatic rings. The van der Waals surface area contributed by atoms with Crippen LogP contribution in [-0.2, 0) is 0 Å². The second-order valence-corrected chi connectivity index (χ2v) is 5.52. The minimum Gasteiger partial charge on any atom is -0.497 e. The van der Waals surface area contributed by atoms with Crippen LogP contribution in [0, 0.1) is 0 Å². The maximum Gasteiger partial charge on any atom is 0.188 e. The van der Waals surface area contributed by atoms with Gasteiger partial charge in [0.25, 0.3) is 0 Å². The van der Waals surface area contributed by atoms with Crippen LogP contribution in [0.15, 0.2) is 47.9 Å². The number of nitrogens with two attached hydrogens (primary N) is 1. The molecule has 0 spiro atoms. The van der Waals surface area contributed by atoms with Gasteiger partial charge in [0.05, 0.1) is 12.4 Å². The third-order valence-corrected chi connectivity index (χ3v) is 4.38. The molecule has 0 aliphatic heterocycles. The van der Waals surface area contributed by atoms with Crippen LogP contribution >= 0.6 is 11.8 Å². The maximum absolute atomic E-state index is 6.26. The fourth-order valence-corrected chi connectivity index (χ4v) is 3.00. The first-order chi connectivity index (χ1) is 9.74. The Morgan fingerprint density at radius 2 is 1.85 bits per heavy atom. The van der Waals surface area contributed by atoms with Crippen molar-refractivity contribution < 1.29 is 4.74 Å². The lowest BCUT2D eigenvalue weighted by Crippen LogP contribution is -2.25. The Balaban J connectivity index is 2.22. The Kier molecular flexibility index (Phi) is 5.38. The number of hydrogen-bond acceptors (Lipinski definition) is 5. The van der Waals surface area contributed by atoms with Crippen molar-refractivity contribution in [1.29, 1.82) is 0 Å². The van der Waals surface area contributed by atoms with Gasteiger partial charge in [-0.05, 0) is 30.2 Å². The second-order valence-electron chi connectivity index (χ2n) is 4.42. The van der Waals surface area contributed by atoms with Crippen molar-refractivity contribution >= 4 is 11.8 Å². The molecule has 2 N–H and O–H groups in total. The van der Waals surface area contributed by atoms with E-state index in [9.17, 15) is 0 Å². The lowest BCUT2D eigenvalue weighted by atomic mass is 10.0. The molecule has 5 heteroatoms. The summed E-state index contributed by atoms with van der Waals surface area (Å²) in [6, 6.07) is 9.88. The topological polar surface area (TPSA) is 61.0 Å². The van der Waals surface area contributed by atoms with Gasteiger partial charge in [0.2, 0.25) is 0 Å². The van der Waals surface area contributed by atoms with E-state index in [1.54, 1.807) is 31.3 Å². The average Bonchev–Trinajstić information content (AvgIpc) is 2.53. The molecule has 0 saturated carbocycles. The molecule has 4 nitrogen and oxygen atoms in total. The van der Waals surface area contributed by atoms with Crippen LogP contribution in [-0.4, -0.2) is 23.1 Å². The number of ether oxygens (including phenoxy) is 1. The molecule has 2 rings (SSSR count). The zero-order valence-electron chi connectivity index (χ0n) is 11.7. The Bertz CT molecular complexity index is 518. The van der Waals surface area contributed by atoms with E-state index in [2.05, 4.69) is 29.0 Å². The van der Waals surface area contributed by atoms with Crippen LogP contribution in [0.1, 0.15) is 24.2 Å². The quantitative estimate of drug-likeness (QED) is 0.654. The number of aromatic nitrogens is 2. The van der Waals surface area contributed by atoms with Crippen molar-refractivity contribution in [2.75, 3.05) is 7.11 Å². The SMILES string of the molecule is CCC(N)C(Sc1ncccn1)c1ccc(OC)cc1. The van der Waals surface area contributed by atoms with Crippen LogP contribution in [0.25, 0.3) is 0 Å². The maximum atomic E-state index is 6.26. The molecular weight excluding hydrogens is 270 g/mol. The minimum atomic E-state index is 0.0530.